The molecule has 0 bridgehead atoms. The number of anilines is 1. The van der Waals surface area contributed by atoms with E-state index >= 15 is 0 Å². The van der Waals surface area contributed by atoms with Crippen LogP contribution in [0.25, 0.3) is 0 Å². The Labute approximate surface area is 108 Å². The lowest BCUT2D eigenvalue weighted by atomic mass is 10.0. The first-order valence-electron chi connectivity index (χ1n) is 6.05. The summed E-state index contributed by atoms with van der Waals surface area (Å²) in [6.45, 7) is 4.06. The largest absolute Gasteiger partial charge is 0.325 e. The van der Waals surface area contributed by atoms with Crippen LogP contribution in [0.15, 0.2) is 24.3 Å². The van der Waals surface area contributed by atoms with Crippen molar-refractivity contribution >= 4 is 11.6 Å². The summed E-state index contributed by atoms with van der Waals surface area (Å²) in [6, 6.07) is 8.82. The first-order chi connectivity index (χ1) is 8.52. The van der Waals surface area contributed by atoms with Gasteiger partial charge in [-0.3, -0.25) is 4.79 Å². The first kappa shape index (κ1) is 14.2. The standard InChI is InChI=1S/C14H19N3O/c1-10(2)9-13(16)14(18)17-12-5-3-11(4-6-12)7-8-15/h3-6,10,13H,7,9,16H2,1-2H3,(H,17,18)/t13-/m0/s1. The summed E-state index contributed by atoms with van der Waals surface area (Å²) in [4.78, 5) is 11.8. The fraction of sp³-hybridized carbons (Fsp3) is 0.429. The van der Waals surface area contributed by atoms with Crippen LogP contribution in [0.4, 0.5) is 5.69 Å². The summed E-state index contributed by atoms with van der Waals surface area (Å²) in [6.07, 6.45) is 1.04. The maximum absolute atomic E-state index is 11.8. The fourth-order valence-electron chi connectivity index (χ4n) is 1.65. The quantitative estimate of drug-likeness (QED) is 0.833. The third-order valence-electron chi connectivity index (χ3n) is 2.57. The second-order valence-corrected chi connectivity index (χ2v) is 4.76. The Hall–Kier alpha value is -1.86. The monoisotopic (exact) mass is 245 g/mol. The predicted molar refractivity (Wildman–Crippen MR) is 71.8 cm³/mol. The molecule has 18 heavy (non-hydrogen) atoms. The molecule has 0 aliphatic rings. The average Bonchev–Trinajstić information content (AvgIpc) is 2.31. The van der Waals surface area contributed by atoms with E-state index in [0.717, 1.165) is 5.56 Å². The van der Waals surface area contributed by atoms with Gasteiger partial charge in [-0.05, 0) is 30.0 Å². The van der Waals surface area contributed by atoms with Gasteiger partial charge in [-0.1, -0.05) is 26.0 Å². The molecule has 0 radical (unpaired) electrons. The van der Waals surface area contributed by atoms with Crippen LogP contribution in [-0.4, -0.2) is 11.9 Å². The molecule has 0 aliphatic heterocycles. The molecule has 4 heteroatoms. The molecule has 0 spiro atoms. The topological polar surface area (TPSA) is 78.9 Å². The van der Waals surface area contributed by atoms with Crippen LogP contribution in [0.5, 0.6) is 0 Å². The third kappa shape index (κ3) is 4.56. The second-order valence-electron chi connectivity index (χ2n) is 4.76. The highest BCUT2D eigenvalue weighted by Crippen LogP contribution is 2.11. The number of amides is 1. The van der Waals surface area contributed by atoms with Crippen LogP contribution in [-0.2, 0) is 11.2 Å². The van der Waals surface area contributed by atoms with Gasteiger partial charge in [-0.25, -0.2) is 0 Å². The number of nitrogens with two attached hydrogens (primary N) is 1. The number of nitriles is 1. The first-order valence-corrected chi connectivity index (χ1v) is 6.05. The molecule has 0 fully saturated rings. The Balaban J connectivity index is 2.57. The van der Waals surface area contributed by atoms with Gasteiger partial charge in [0, 0.05) is 5.69 Å². The van der Waals surface area contributed by atoms with Gasteiger partial charge in [0.15, 0.2) is 0 Å². The van der Waals surface area contributed by atoms with E-state index in [-0.39, 0.29) is 5.91 Å². The van der Waals surface area contributed by atoms with E-state index in [2.05, 4.69) is 11.4 Å². The van der Waals surface area contributed by atoms with Crippen LogP contribution in [0.2, 0.25) is 0 Å². The van der Waals surface area contributed by atoms with Crippen molar-refractivity contribution in [3.8, 4) is 6.07 Å². The molecule has 1 amide bonds. The zero-order valence-corrected chi connectivity index (χ0v) is 10.8. The van der Waals surface area contributed by atoms with Gasteiger partial charge in [-0.15, -0.1) is 0 Å². The predicted octanol–water partition coefficient (Wildman–Crippen LogP) is 2.06. The summed E-state index contributed by atoms with van der Waals surface area (Å²) in [5.41, 5.74) is 7.43. The van der Waals surface area contributed by atoms with Crippen molar-refractivity contribution in [2.75, 3.05) is 5.32 Å². The highest BCUT2D eigenvalue weighted by molar-refractivity contribution is 5.94. The Bertz CT molecular complexity index is 431. The minimum absolute atomic E-state index is 0.170. The molecule has 0 heterocycles. The lowest BCUT2D eigenvalue weighted by Crippen LogP contribution is -2.36. The van der Waals surface area contributed by atoms with Gasteiger partial charge in [0.2, 0.25) is 5.91 Å². The number of nitrogens with zero attached hydrogens (tertiary/aromatic N) is 1. The molecule has 3 N–H and O–H groups in total. The number of rotatable bonds is 5. The second kappa shape index (κ2) is 6.77. The van der Waals surface area contributed by atoms with Crippen molar-refractivity contribution in [3.05, 3.63) is 29.8 Å². The van der Waals surface area contributed by atoms with Gasteiger partial charge in [0.05, 0.1) is 18.5 Å². The normalized spacial score (nSPS) is 11.9. The summed E-state index contributed by atoms with van der Waals surface area (Å²) >= 11 is 0. The average molecular weight is 245 g/mol. The van der Waals surface area contributed by atoms with Crippen molar-refractivity contribution in [2.45, 2.75) is 32.7 Å². The van der Waals surface area contributed by atoms with Crippen molar-refractivity contribution in [1.82, 2.24) is 0 Å². The highest BCUT2D eigenvalue weighted by Gasteiger charge is 2.14. The van der Waals surface area contributed by atoms with Gasteiger partial charge >= 0.3 is 0 Å². The van der Waals surface area contributed by atoms with Gasteiger partial charge in [0.1, 0.15) is 0 Å². The van der Waals surface area contributed by atoms with Gasteiger partial charge in [-0.2, -0.15) is 5.26 Å². The van der Waals surface area contributed by atoms with E-state index in [1.807, 2.05) is 26.0 Å². The van der Waals surface area contributed by atoms with E-state index in [0.29, 0.717) is 24.4 Å². The smallest absolute Gasteiger partial charge is 0.241 e. The van der Waals surface area contributed by atoms with Gasteiger partial charge < -0.3 is 11.1 Å². The van der Waals surface area contributed by atoms with E-state index in [9.17, 15) is 4.79 Å². The third-order valence-corrected chi connectivity index (χ3v) is 2.57. The molecular formula is C14H19N3O. The van der Waals surface area contributed by atoms with Gasteiger partial charge in [0.25, 0.3) is 0 Å². The molecule has 1 aromatic rings. The number of carbonyl (C=O) groups excluding carboxylic acids is 1. The van der Waals surface area contributed by atoms with Crippen LogP contribution in [0.1, 0.15) is 25.8 Å². The molecule has 1 atom stereocenters. The summed E-state index contributed by atoms with van der Waals surface area (Å²) < 4.78 is 0. The number of nitrogens with one attached hydrogen (secondary N) is 1. The molecule has 0 saturated carbocycles. The van der Waals surface area contributed by atoms with Crippen molar-refractivity contribution in [3.63, 3.8) is 0 Å². The lowest BCUT2D eigenvalue weighted by Gasteiger charge is -2.14. The maximum atomic E-state index is 11.8. The minimum Gasteiger partial charge on any atom is -0.325 e. The zero-order chi connectivity index (χ0) is 13.5. The SMILES string of the molecule is CC(C)C[C@H](N)C(=O)Nc1ccc(CC#N)cc1. The Kier molecular flexibility index (Phi) is 5.34. The molecular weight excluding hydrogens is 226 g/mol. The van der Waals surface area contributed by atoms with Crippen LogP contribution >= 0.6 is 0 Å². The number of hydrogen-bond donors (Lipinski definition) is 2. The van der Waals surface area contributed by atoms with Crippen LogP contribution in [0.3, 0.4) is 0 Å². The minimum atomic E-state index is -0.483. The molecule has 0 aromatic heterocycles. The molecule has 1 rings (SSSR count). The number of benzene rings is 1. The van der Waals surface area contributed by atoms with E-state index < -0.39 is 6.04 Å². The molecule has 0 aliphatic carbocycles. The highest BCUT2D eigenvalue weighted by atomic mass is 16.2. The summed E-state index contributed by atoms with van der Waals surface area (Å²) in [5, 5.41) is 11.3. The molecule has 96 valence electrons. The van der Waals surface area contributed by atoms with E-state index in [1.54, 1.807) is 12.1 Å². The van der Waals surface area contributed by atoms with Crippen molar-refractivity contribution in [2.24, 2.45) is 11.7 Å². The zero-order valence-electron chi connectivity index (χ0n) is 10.8. The van der Waals surface area contributed by atoms with Crippen molar-refractivity contribution in [1.29, 1.82) is 5.26 Å². The Morgan fingerprint density at radius 1 is 1.39 bits per heavy atom. The van der Waals surface area contributed by atoms with Crippen molar-refractivity contribution < 1.29 is 4.79 Å². The molecule has 4 nitrogen and oxygen atoms in total. The van der Waals surface area contributed by atoms with Crippen LogP contribution < -0.4 is 11.1 Å². The fourth-order valence-corrected chi connectivity index (χ4v) is 1.65. The summed E-state index contributed by atoms with van der Waals surface area (Å²) in [5.74, 6) is 0.223. The summed E-state index contributed by atoms with van der Waals surface area (Å²) in [7, 11) is 0. The Morgan fingerprint density at radius 2 is 2.00 bits per heavy atom. The van der Waals surface area contributed by atoms with E-state index in [4.69, 9.17) is 11.0 Å². The number of carbonyl (C=O) groups is 1. The molecule has 0 saturated heterocycles. The number of hydrogen-bond acceptors (Lipinski definition) is 3. The Morgan fingerprint density at radius 3 is 2.50 bits per heavy atom. The van der Waals surface area contributed by atoms with E-state index in [1.165, 1.54) is 0 Å². The molecule has 0 unspecified atom stereocenters. The molecule has 1 aromatic carbocycles. The lowest BCUT2D eigenvalue weighted by molar-refractivity contribution is -0.117. The van der Waals surface area contributed by atoms with Crippen LogP contribution in [0, 0.1) is 17.2 Å². The maximum Gasteiger partial charge on any atom is 0.241 e.